The van der Waals surface area contributed by atoms with E-state index in [0.29, 0.717) is 74.0 Å². The Bertz CT molecular complexity index is 2420. The number of hydrogen-bond donors (Lipinski definition) is 2. The number of anilines is 3. The van der Waals surface area contributed by atoms with Crippen molar-refractivity contribution in [1.29, 1.82) is 0 Å². The largest absolute Gasteiger partial charge is 0.368 e. The van der Waals surface area contributed by atoms with Crippen molar-refractivity contribution in [3.05, 3.63) is 89.6 Å². The molecule has 57 heavy (non-hydrogen) atoms. The number of rotatable bonds is 8. The summed E-state index contributed by atoms with van der Waals surface area (Å²) in [6.45, 7) is 6.35. The first-order valence-electron chi connectivity index (χ1n) is 19.2. The zero-order valence-corrected chi connectivity index (χ0v) is 31.3. The Hall–Kier alpha value is -6.23. The van der Waals surface area contributed by atoms with Crippen LogP contribution in [0, 0.1) is 18.6 Å². The van der Waals surface area contributed by atoms with E-state index >= 15 is 0 Å². The van der Waals surface area contributed by atoms with Gasteiger partial charge in [-0.3, -0.25) is 38.5 Å². The minimum Gasteiger partial charge on any atom is -0.368 e. The van der Waals surface area contributed by atoms with Crippen molar-refractivity contribution in [1.82, 2.24) is 44.2 Å². The summed E-state index contributed by atoms with van der Waals surface area (Å²) in [5, 5.41) is 10.2. The number of halogens is 2. The van der Waals surface area contributed by atoms with Crippen LogP contribution in [0.1, 0.15) is 53.2 Å². The summed E-state index contributed by atoms with van der Waals surface area (Å²) in [7, 11) is 0. The summed E-state index contributed by atoms with van der Waals surface area (Å²) >= 11 is 0. The third kappa shape index (κ3) is 6.96. The Balaban J connectivity index is 0.755. The molecule has 0 bridgehead atoms. The van der Waals surface area contributed by atoms with E-state index in [2.05, 4.69) is 35.5 Å². The standard InChI is InChI=1S/C40H41F2N11O4/c1-24-16-30(32(42)18-31(24)41)34-20-44-37(38-43-8-11-51(34)38)46-26-19-45-53(22-26)27-6-9-48(10-7-27)23-36(55)50-14-12-49(13-15-50)28-2-3-29-25(17-28)21-52(40(29)57)33-4-5-35(54)47-39(33)56/h2-3,8,11,16-20,22,27,33H,4-7,9-10,12-15,21,23H2,1H3,(H,44,46)(H,47,54,56). The van der Waals surface area contributed by atoms with E-state index in [-0.39, 0.29) is 35.7 Å². The Kier molecular flexibility index (Phi) is 9.38. The number of carbonyl (C=O) groups excluding carboxylic acids is 4. The lowest BCUT2D eigenvalue weighted by Crippen LogP contribution is -2.52. The van der Waals surface area contributed by atoms with Crippen LogP contribution in [0.25, 0.3) is 16.9 Å². The van der Waals surface area contributed by atoms with Gasteiger partial charge in [0.15, 0.2) is 11.5 Å². The molecule has 0 radical (unpaired) electrons. The van der Waals surface area contributed by atoms with Gasteiger partial charge in [-0.1, -0.05) is 0 Å². The first-order valence-corrected chi connectivity index (χ1v) is 19.2. The molecule has 2 aromatic carbocycles. The SMILES string of the molecule is Cc1cc(-c2cnc(Nc3cnn(C4CCN(CC(=O)N5CCN(c6ccc7c(c6)CN(C6CCC(=O)NC6=O)C7=O)CC5)CC4)c3)c3nccn23)c(F)cc1F. The van der Waals surface area contributed by atoms with Crippen LogP contribution in [-0.4, -0.2) is 114 Å². The minimum absolute atomic E-state index is 0.110. The number of amides is 4. The molecule has 3 fully saturated rings. The monoisotopic (exact) mass is 777 g/mol. The minimum atomic E-state index is -0.678. The average molecular weight is 778 g/mol. The van der Waals surface area contributed by atoms with Gasteiger partial charge in [0.1, 0.15) is 17.7 Å². The van der Waals surface area contributed by atoms with E-state index in [1.807, 2.05) is 34.0 Å². The number of imidazole rings is 1. The fourth-order valence-electron chi connectivity index (χ4n) is 8.40. The molecule has 17 heteroatoms. The van der Waals surface area contributed by atoms with Gasteiger partial charge in [-0.25, -0.2) is 18.7 Å². The van der Waals surface area contributed by atoms with Gasteiger partial charge in [-0.05, 0) is 61.6 Å². The molecule has 0 saturated carbocycles. The van der Waals surface area contributed by atoms with Gasteiger partial charge in [0.25, 0.3) is 5.91 Å². The van der Waals surface area contributed by atoms with E-state index in [9.17, 15) is 28.0 Å². The van der Waals surface area contributed by atoms with Crippen LogP contribution in [0.4, 0.5) is 26.0 Å². The number of fused-ring (bicyclic) bond motifs is 2. The number of aryl methyl sites for hydroxylation is 1. The first-order chi connectivity index (χ1) is 27.6. The van der Waals surface area contributed by atoms with Crippen molar-refractivity contribution < 1.29 is 28.0 Å². The summed E-state index contributed by atoms with van der Waals surface area (Å²) < 4.78 is 32.3. The van der Waals surface area contributed by atoms with E-state index in [1.54, 1.807) is 34.8 Å². The molecule has 4 aliphatic rings. The Morgan fingerprint density at radius 3 is 2.53 bits per heavy atom. The van der Waals surface area contributed by atoms with Crippen molar-refractivity contribution >= 4 is 46.5 Å². The molecule has 2 N–H and O–H groups in total. The molecule has 7 heterocycles. The molecule has 5 aromatic rings. The predicted molar refractivity (Wildman–Crippen MR) is 205 cm³/mol. The lowest BCUT2D eigenvalue weighted by Gasteiger charge is -2.38. The highest BCUT2D eigenvalue weighted by Gasteiger charge is 2.39. The van der Waals surface area contributed by atoms with Crippen LogP contribution in [0.2, 0.25) is 0 Å². The second-order valence-corrected chi connectivity index (χ2v) is 15.1. The molecular formula is C40H41F2N11O4. The quantitative estimate of drug-likeness (QED) is 0.223. The Morgan fingerprint density at radius 1 is 0.930 bits per heavy atom. The molecule has 3 aromatic heterocycles. The molecule has 1 atom stereocenters. The number of piperidine rings is 2. The second-order valence-electron chi connectivity index (χ2n) is 15.1. The predicted octanol–water partition coefficient (Wildman–Crippen LogP) is 3.67. The van der Waals surface area contributed by atoms with E-state index in [0.717, 1.165) is 48.9 Å². The molecule has 3 saturated heterocycles. The second kappa shape index (κ2) is 14.7. The highest BCUT2D eigenvalue weighted by molar-refractivity contribution is 6.05. The lowest BCUT2D eigenvalue weighted by molar-refractivity contribution is -0.137. The van der Waals surface area contributed by atoms with Crippen LogP contribution in [0.3, 0.4) is 0 Å². The maximum atomic E-state index is 14.7. The summed E-state index contributed by atoms with van der Waals surface area (Å²) in [5.41, 5.74) is 4.66. The zero-order valence-electron chi connectivity index (χ0n) is 31.3. The fraction of sp³-hybridized carbons (Fsp3) is 0.375. The van der Waals surface area contributed by atoms with Crippen molar-refractivity contribution in [2.75, 3.05) is 56.0 Å². The van der Waals surface area contributed by atoms with Gasteiger partial charge in [0.2, 0.25) is 17.7 Å². The highest BCUT2D eigenvalue weighted by atomic mass is 19.1. The number of nitrogens with zero attached hydrogens (tertiary/aromatic N) is 9. The molecular weight excluding hydrogens is 737 g/mol. The third-order valence-corrected chi connectivity index (χ3v) is 11.6. The maximum absolute atomic E-state index is 14.7. The lowest BCUT2D eigenvalue weighted by atomic mass is 10.0. The summed E-state index contributed by atoms with van der Waals surface area (Å²) in [6, 6.07) is 7.62. The third-order valence-electron chi connectivity index (χ3n) is 11.6. The van der Waals surface area contributed by atoms with Crippen LogP contribution < -0.4 is 15.5 Å². The maximum Gasteiger partial charge on any atom is 0.255 e. The zero-order chi connectivity index (χ0) is 39.4. The van der Waals surface area contributed by atoms with Crippen LogP contribution in [0.15, 0.2) is 61.3 Å². The van der Waals surface area contributed by atoms with Gasteiger partial charge < -0.3 is 20.0 Å². The number of piperazine rings is 1. The van der Waals surface area contributed by atoms with Gasteiger partial charge in [-0.15, -0.1) is 0 Å². The summed E-state index contributed by atoms with van der Waals surface area (Å²) in [6.07, 6.45) is 10.7. The number of aromatic nitrogens is 5. The number of likely N-dealkylation sites (tertiary alicyclic amines) is 1. The van der Waals surface area contributed by atoms with E-state index in [1.165, 1.54) is 12.3 Å². The fourth-order valence-corrected chi connectivity index (χ4v) is 8.40. The van der Waals surface area contributed by atoms with Crippen LogP contribution >= 0.6 is 0 Å². The first kappa shape index (κ1) is 36.4. The molecule has 4 aliphatic heterocycles. The molecule has 294 valence electrons. The number of hydrogen-bond acceptors (Lipinski definition) is 10. The topological polar surface area (TPSA) is 153 Å². The van der Waals surface area contributed by atoms with Crippen molar-refractivity contribution in [3.8, 4) is 11.3 Å². The normalized spacial score (nSPS) is 19.4. The van der Waals surface area contributed by atoms with Gasteiger partial charge >= 0.3 is 0 Å². The van der Waals surface area contributed by atoms with Gasteiger partial charge in [0.05, 0.1) is 36.4 Å². The smallest absolute Gasteiger partial charge is 0.255 e. The molecule has 15 nitrogen and oxygen atoms in total. The highest BCUT2D eigenvalue weighted by Crippen LogP contribution is 2.32. The van der Waals surface area contributed by atoms with Gasteiger partial charge in [-0.2, -0.15) is 5.10 Å². The van der Waals surface area contributed by atoms with Crippen molar-refractivity contribution in [2.45, 2.75) is 51.2 Å². The number of nitrogens with one attached hydrogen (secondary N) is 2. The molecule has 9 rings (SSSR count). The molecule has 0 spiro atoms. The molecule has 0 aliphatic carbocycles. The van der Waals surface area contributed by atoms with Crippen molar-refractivity contribution in [3.63, 3.8) is 0 Å². The average Bonchev–Trinajstić information content (AvgIpc) is 3.97. The molecule has 4 amide bonds. The van der Waals surface area contributed by atoms with Gasteiger partial charge in [0, 0.05) is 93.7 Å². The number of benzene rings is 2. The Morgan fingerprint density at radius 2 is 1.74 bits per heavy atom. The van der Waals surface area contributed by atoms with Crippen molar-refractivity contribution in [2.24, 2.45) is 0 Å². The summed E-state index contributed by atoms with van der Waals surface area (Å²) in [5.74, 6) is -1.62. The number of imide groups is 1. The van der Waals surface area contributed by atoms with Crippen LogP contribution in [-0.2, 0) is 20.9 Å². The summed E-state index contributed by atoms with van der Waals surface area (Å²) in [4.78, 5) is 67.4. The van der Waals surface area contributed by atoms with Crippen LogP contribution in [0.5, 0.6) is 0 Å². The molecule has 1 unspecified atom stereocenters. The number of carbonyl (C=O) groups is 4. The van der Waals surface area contributed by atoms with E-state index < -0.39 is 23.6 Å². The van der Waals surface area contributed by atoms with E-state index in [4.69, 9.17) is 0 Å². The Labute approximate surface area is 326 Å².